The largest absolute Gasteiger partial charge is 0.344 e. The molecular formula is C15H22N2O. The van der Waals surface area contributed by atoms with Crippen molar-refractivity contribution < 1.29 is 4.79 Å². The Morgan fingerprint density at radius 2 is 2.00 bits per heavy atom. The summed E-state index contributed by atoms with van der Waals surface area (Å²) in [5, 5.41) is 3.34. The van der Waals surface area contributed by atoms with E-state index < -0.39 is 0 Å². The van der Waals surface area contributed by atoms with E-state index in [0.717, 1.165) is 19.5 Å². The molecule has 18 heavy (non-hydrogen) atoms. The van der Waals surface area contributed by atoms with E-state index in [2.05, 4.69) is 43.4 Å². The van der Waals surface area contributed by atoms with Crippen LogP contribution in [0.1, 0.15) is 37.3 Å². The van der Waals surface area contributed by atoms with Crippen molar-refractivity contribution in [3.63, 3.8) is 0 Å². The summed E-state index contributed by atoms with van der Waals surface area (Å²) in [4.78, 5) is 13.5. The molecular weight excluding hydrogens is 224 g/mol. The SMILES string of the molecule is CC(C)c1ccc(CNC2CCN(C)C2=O)cc1. The standard InChI is InChI=1S/C15H22N2O/c1-11(2)13-6-4-12(5-7-13)10-16-14-8-9-17(3)15(14)18/h4-7,11,14,16H,8-10H2,1-3H3. The summed E-state index contributed by atoms with van der Waals surface area (Å²) in [6, 6.07) is 8.63. The zero-order valence-electron chi connectivity index (χ0n) is 11.4. The summed E-state index contributed by atoms with van der Waals surface area (Å²) in [6.45, 7) is 6.02. The number of amides is 1. The van der Waals surface area contributed by atoms with Crippen molar-refractivity contribution in [2.45, 2.75) is 38.8 Å². The number of carbonyl (C=O) groups is 1. The molecule has 0 aliphatic carbocycles. The lowest BCUT2D eigenvalue weighted by Crippen LogP contribution is -2.36. The summed E-state index contributed by atoms with van der Waals surface area (Å²) < 4.78 is 0. The van der Waals surface area contributed by atoms with Crippen LogP contribution in [0.2, 0.25) is 0 Å². The molecule has 0 spiro atoms. The normalized spacial score (nSPS) is 19.9. The lowest BCUT2D eigenvalue weighted by atomic mass is 10.0. The van der Waals surface area contributed by atoms with Gasteiger partial charge in [0.2, 0.25) is 5.91 Å². The van der Waals surface area contributed by atoms with Crippen molar-refractivity contribution in [1.82, 2.24) is 10.2 Å². The fourth-order valence-corrected chi connectivity index (χ4v) is 2.27. The van der Waals surface area contributed by atoms with Gasteiger partial charge in [-0.05, 0) is 23.5 Å². The van der Waals surface area contributed by atoms with Crippen molar-refractivity contribution in [3.05, 3.63) is 35.4 Å². The van der Waals surface area contributed by atoms with Crippen LogP contribution in [0.3, 0.4) is 0 Å². The highest BCUT2D eigenvalue weighted by Crippen LogP contribution is 2.15. The molecule has 2 rings (SSSR count). The van der Waals surface area contributed by atoms with E-state index in [1.165, 1.54) is 11.1 Å². The van der Waals surface area contributed by atoms with Gasteiger partial charge in [-0.15, -0.1) is 0 Å². The molecule has 1 unspecified atom stereocenters. The topological polar surface area (TPSA) is 32.3 Å². The fraction of sp³-hybridized carbons (Fsp3) is 0.533. The molecule has 98 valence electrons. The van der Waals surface area contributed by atoms with Gasteiger partial charge < -0.3 is 10.2 Å². The van der Waals surface area contributed by atoms with Crippen LogP contribution in [-0.4, -0.2) is 30.4 Å². The Balaban J connectivity index is 1.89. The Morgan fingerprint density at radius 1 is 1.33 bits per heavy atom. The summed E-state index contributed by atoms with van der Waals surface area (Å²) >= 11 is 0. The first kappa shape index (κ1) is 13.1. The van der Waals surface area contributed by atoms with Gasteiger partial charge in [-0.25, -0.2) is 0 Å². The Morgan fingerprint density at radius 3 is 2.50 bits per heavy atom. The van der Waals surface area contributed by atoms with E-state index >= 15 is 0 Å². The molecule has 1 aliphatic rings. The highest BCUT2D eigenvalue weighted by atomic mass is 16.2. The first-order valence-electron chi connectivity index (χ1n) is 6.65. The van der Waals surface area contributed by atoms with Crippen molar-refractivity contribution in [2.75, 3.05) is 13.6 Å². The molecule has 0 bridgehead atoms. The molecule has 0 saturated carbocycles. The summed E-state index contributed by atoms with van der Waals surface area (Å²) in [6.07, 6.45) is 0.916. The van der Waals surface area contributed by atoms with Crippen molar-refractivity contribution in [2.24, 2.45) is 0 Å². The van der Waals surface area contributed by atoms with Crippen LogP contribution >= 0.6 is 0 Å². The van der Waals surface area contributed by atoms with Crippen LogP contribution in [0.5, 0.6) is 0 Å². The van der Waals surface area contributed by atoms with Crippen LogP contribution in [0.4, 0.5) is 0 Å². The number of benzene rings is 1. The molecule has 1 aliphatic heterocycles. The average Bonchev–Trinajstić information content (AvgIpc) is 2.68. The number of nitrogens with one attached hydrogen (secondary N) is 1. The van der Waals surface area contributed by atoms with Gasteiger partial charge in [0.1, 0.15) is 0 Å². The molecule has 0 aromatic heterocycles. The van der Waals surface area contributed by atoms with E-state index in [1.54, 1.807) is 4.90 Å². The highest BCUT2D eigenvalue weighted by Gasteiger charge is 2.28. The minimum atomic E-state index is -0.000208. The summed E-state index contributed by atoms with van der Waals surface area (Å²) in [5.74, 6) is 0.783. The molecule has 1 aromatic carbocycles. The third kappa shape index (κ3) is 2.91. The van der Waals surface area contributed by atoms with Gasteiger partial charge in [0.25, 0.3) is 0 Å². The predicted octanol–water partition coefficient (Wildman–Crippen LogP) is 2.13. The van der Waals surface area contributed by atoms with Gasteiger partial charge in [0, 0.05) is 20.1 Å². The van der Waals surface area contributed by atoms with Crippen molar-refractivity contribution in [1.29, 1.82) is 0 Å². The van der Waals surface area contributed by atoms with Crippen molar-refractivity contribution in [3.8, 4) is 0 Å². The Hall–Kier alpha value is -1.35. The molecule has 1 N–H and O–H groups in total. The molecule has 1 heterocycles. The maximum atomic E-state index is 11.7. The second kappa shape index (κ2) is 5.53. The molecule has 1 fully saturated rings. The molecule has 1 saturated heterocycles. The lowest BCUT2D eigenvalue weighted by molar-refractivity contribution is -0.128. The Labute approximate surface area is 109 Å². The third-order valence-electron chi connectivity index (χ3n) is 3.63. The Bertz CT molecular complexity index is 411. The predicted molar refractivity (Wildman–Crippen MR) is 73.4 cm³/mol. The number of hydrogen-bond acceptors (Lipinski definition) is 2. The van der Waals surface area contributed by atoms with Crippen LogP contribution in [0.15, 0.2) is 24.3 Å². The first-order valence-corrected chi connectivity index (χ1v) is 6.65. The number of likely N-dealkylation sites (tertiary alicyclic amines) is 1. The number of carbonyl (C=O) groups excluding carboxylic acids is 1. The molecule has 0 radical (unpaired) electrons. The molecule has 3 nitrogen and oxygen atoms in total. The second-order valence-corrected chi connectivity index (χ2v) is 5.38. The van der Waals surface area contributed by atoms with Crippen LogP contribution in [-0.2, 0) is 11.3 Å². The minimum absolute atomic E-state index is 0.000208. The van der Waals surface area contributed by atoms with Gasteiger partial charge >= 0.3 is 0 Å². The number of likely N-dealkylation sites (N-methyl/N-ethyl adjacent to an activating group) is 1. The number of hydrogen-bond donors (Lipinski definition) is 1. The summed E-state index contributed by atoms with van der Waals surface area (Å²) in [5.41, 5.74) is 2.59. The summed E-state index contributed by atoms with van der Waals surface area (Å²) in [7, 11) is 1.86. The molecule has 1 amide bonds. The highest BCUT2D eigenvalue weighted by molar-refractivity contribution is 5.83. The zero-order valence-corrected chi connectivity index (χ0v) is 11.4. The number of nitrogens with zero attached hydrogens (tertiary/aromatic N) is 1. The number of rotatable bonds is 4. The van der Waals surface area contributed by atoms with E-state index in [1.807, 2.05) is 7.05 Å². The molecule has 3 heteroatoms. The molecule has 1 atom stereocenters. The van der Waals surface area contributed by atoms with E-state index in [-0.39, 0.29) is 11.9 Å². The van der Waals surface area contributed by atoms with Crippen LogP contribution in [0, 0.1) is 0 Å². The second-order valence-electron chi connectivity index (χ2n) is 5.38. The van der Waals surface area contributed by atoms with E-state index in [0.29, 0.717) is 5.92 Å². The van der Waals surface area contributed by atoms with Gasteiger partial charge in [-0.2, -0.15) is 0 Å². The fourth-order valence-electron chi connectivity index (χ4n) is 2.27. The molecule has 1 aromatic rings. The smallest absolute Gasteiger partial charge is 0.239 e. The van der Waals surface area contributed by atoms with Crippen LogP contribution < -0.4 is 5.32 Å². The first-order chi connectivity index (χ1) is 8.58. The maximum Gasteiger partial charge on any atom is 0.239 e. The Kier molecular flexibility index (Phi) is 4.02. The van der Waals surface area contributed by atoms with Gasteiger partial charge in [-0.3, -0.25) is 4.79 Å². The van der Waals surface area contributed by atoms with Gasteiger partial charge in [0.05, 0.1) is 6.04 Å². The monoisotopic (exact) mass is 246 g/mol. The third-order valence-corrected chi connectivity index (χ3v) is 3.63. The lowest BCUT2D eigenvalue weighted by Gasteiger charge is -2.13. The van der Waals surface area contributed by atoms with E-state index in [4.69, 9.17) is 0 Å². The van der Waals surface area contributed by atoms with Crippen LogP contribution in [0.25, 0.3) is 0 Å². The van der Waals surface area contributed by atoms with E-state index in [9.17, 15) is 4.79 Å². The quantitative estimate of drug-likeness (QED) is 0.882. The minimum Gasteiger partial charge on any atom is -0.344 e. The zero-order chi connectivity index (χ0) is 13.1. The maximum absolute atomic E-state index is 11.7. The van der Waals surface area contributed by atoms with Crippen molar-refractivity contribution >= 4 is 5.91 Å². The van der Waals surface area contributed by atoms with Gasteiger partial charge in [-0.1, -0.05) is 38.1 Å². The van der Waals surface area contributed by atoms with Gasteiger partial charge in [0.15, 0.2) is 0 Å². The average molecular weight is 246 g/mol.